The van der Waals surface area contributed by atoms with Gasteiger partial charge in [0.2, 0.25) is 70.9 Å². The third-order valence-corrected chi connectivity index (χ3v) is 19.6. The molecule has 105 heavy (non-hydrogen) atoms. The Morgan fingerprint density at radius 1 is 0.610 bits per heavy atom. The number of hydrogen-bond acceptors (Lipinski definition) is 17. The number of carbonyl (C=O) groups is 14. The largest absolute Gasteiger partial charge is 0.458 e. The van der Waals surface area contributed by atoms with Gasteiger partial charge >= 0.3 is 5.97 Å². The Balaban J connectivity index is 2.00. The number of rotatable bonds is 33. The highest BCUT2D eigenvalue weighted by atomic mass is 16.5. The van der Waals surface area contributed by atoms with Crippen LogP contribution in [-0.4, -0.2) is 191 Å². The first-order chi connectivity index (χ1) is 49.3. The highest BCUT2D eigenvalue weighted by Gasteiger charge is 2.44. The number of nitrogens with one attached hydrogen (secondary N) is 12. The second kappa shape index (κ2) is 43.8. The molecule has 3 rings (SSSR count). The van der Waals surface area contributed by atoms with Gasteiger partial charge in [0.1, 0.15) is 84.3 Å². The molecule has 13 amide bonds. The molecule has 0 spiro atoms. The van der Waals surface area contributed by atoms with Crippen LogP contribution in [0.1, 0.15) is 195 Å². The summed E-state index contributed by atoms with van der Waals surface area (Å²) in [7, 11) is 0. The molecule has 30 heteroatoms. The van der Waals surface area contributed by atoms with Crippen LogP contribution in [-0.2, 0) is 78.3 Å². The lowest BCUT2D eigenvalue weighted by atomic mass is 9.95. The summed E-state index contributed by atoms with van der Waals surface area (Å²) in [5.74, 6) is -15.2. The Hall–Kier alpha value is -8.54. The van der Waals surface area contributed by atoms with Crippen LogP contribution in [0.15, 0.2) is 42.1 Å². The van der Waals surface area contributed by atoms with Crippen LogP contribution in [0.25, 0.3) is 0 Å². The molecule has 1 aromatic carbocycles. The van der Waals surface area contributed by atoms with Gasteiger partial charge in [0.15, 0.2) is 0 Å². The van der Waals surface area contributed by atoms with E-state index in [-0.39, 0.29) is 69.1 Å². The van der Waals surface area contributed by atoms with E-state index in [4.69, 9.17) is 10.5 Å². The summed E-state index contributed by atoms with van der Waals surface area (Å²) in [5.41, 5.74) is 6.34. The average molecular weight is 1480 g/mol. The normalized spacial score (nSPS) is 22.8. The monoisotopic (exact) mass is 1480 g/mol. The van der Waals surface area contributed by atoms with Crippen molar-refractivity contribution in [2.75, 3.05) is 13.1 Å². The maximum Gasteiger partial charge on any atom is 0.329 e. The Bertz CT molecular complexity index is 3160. The van der Waals surface area contributed by atoms with E-state index in [2.05, 4.69) is 63.8 Å². The fraction of sp³-hybridized carbons (Fsp3) is 0.707. The first-order valence-electron chi connectivity index (χ1n) is 37.5. The molecule has 2 fully saturated rings. The fourth-order valence-electron chi connectivity index (χ4n) is 12.0. The van der Waals surface area contributed by atoms with E-state index in [1.807, 2.05) is 13.8 Å². The van der Waals surface area contributed by atoms with Gasteiger partial charge in [0.05, 0.1) is 6.10 Å². The first kappa shape index (κ1) is 90.7. The molecular weight excluding hydrogens is 1350 g/mol. The lowest BCUT2D eigenvalue weighted by Crippen LogP contribution is -2.64. The zero-order chi connectivity index (χ0) is 79.4. The molecule has 1 aromatic rings. The van der Waals surface area contributed by atoms with E-state index in [0.29, 0.717) is 24.8 Å². The minimum Gasteiger partial charge on any atom is -0.458 e. The van der Waals surface area contributed by atoms with Crippen LogP contribution in [0, 0.1) is 47.3 Å². The number of allylic oxidation sites excluding steroid dienone is 1. The fourth-order valence-corrected chi connectivity index (χ4v) is 12.0. The van der Waals surface area contributed by atoms with Crippen molar-refractivity contribution in [1.29, 1.82) is 0 Å². The van der Waals surface area contributed by atoms with Crippen molar-refractivity contribution in [3.63, 3.8) is 0 Å². The van der Waals surface area contributed by atoms with Crippen LogP contribution >= 0.6 is 0 Å². The molecule has 0 saturated carbocycles. The lowest BCUT2D eigenvalue weighted by molar-refractivity contribution is -0.157. The summed E-state index contributed by atoms with van der Waals surface area (Å²) >= 11 is 0. The smallest absolute Gasteiger partial charge is 0.329 e. The Labute approximate surface area is 620 Å². The van der Waals surface area contributed by atoms with Gasteiger partial charge in [-0.2, -0.15) is 0 Å². The van der Waals surface area contributed by atoms with Crippen molar-refractivity contribution in [2.45, 2.75) is 280 Å². The van der Waals surface area contributed by atoms with Gasteiger partial charge in [-0.05, 0) is 112 Å². The molecule has 0 radical (unpaired) electrons. The highest BCUT2D eigenvalue weighted by Crippen LogP contribution is 2.23. The summed E-state index contributed by atoms with van der Waals surface area (Å²) in [4.78, 5) is 202. The number of benzene rings is 1. The molecule has 2 saturated heterocycles. The number of aliphatic hydroxyl groups excluding tert-OH is 1. The number of nitrogens with two attached hydrogens (primary N) is 1. The maximum absolute atomic E-state index is 15.0. The number of likely N-dealkylation sites (tertiary alicyclic amines) is 1. The molecule has 0 aromatic heterocycles. The summed E-state index contributed by atoms with van der Waals surface area (Å²) in [6, 6.07) is -7.67. The average Bonchev–Trinajstić information content (AvgIpc) is 1.80. The summed E-state index contributed by atoms with van der Waals surface area (Å²) in [5, 5.41) is 43.2. The second-order valence-electron chi connectivity index (χ2n) is 30.0. The maximum atomic E-state index is 15.0. The number of carbonyl (C=O) groups excluding carboxylic acids is 14. The first-order valence-corrected chi connectivity index (χ1v) is 37.5. The zero-order valence-corrected chi connectivity index (χ0v) is 65.2. The van der Waals surface area contributed by atoms with E-state index in [1.54, 1.807) is 127 Å². The molecule has 0 bridgehead atoms. The van der Waals surface area contributed by atoms with Crippen molar-refractivity contribution in [3.05, 3.63) is 47.7 Å². The number of nitrogens with zero attached hydrogens (tertiary/aromatic N) is 1. The third kappa shape index (κ3) is 27.4. The molecule has 2 aliphatic heterocycles. The molecule has 590 valence electrons. The van der Waals surface area contributed by atoms with Gasteiger partial charge in [0, 0.05) is 19.4 Å². The number of amides is 13. The van der Waals surface area contributed by atoms with Crippen LogP contribution < -0.4 is 69.5 Å². The van der Waals surface area contributed by atoms with E-state index < -0.39 is 203 Å². The van der Waals surface area contributed by atoms with Crippen molar-refractivity contribution in [1.82, 2.24) is 68.7 Å². The van der Waals surface area contributed by atoms with Gasteiger partial charge in [-0.3, -0.25) is 62.3 Å². The molecule has 0 aliphatic carbocycles. The van der Waals surface area contributed by atoms with Crippen LogP contribution in [0.5, 0.6) is 0 Å². The van der Waals surface area contributed by atoms with Crippen molar-refractivity contribution in [2.24, 2.45) is 53.1 Å². The molecule has 30 nitrogen and oxygen atoms in total. The minimum absolute atomic E-state index is 0.0355. The molecular formula is C75H124N14O16. The van der Waals surface area contributed by atoms with Gasteiger partial charge in [-0.15, -0.1) is 0 Å². The predicted molar refractivity (Wildman–Crippen MR) is 395 cm³/mol. The van der Waals surface area contributed by atoms with Gasteiger partial charge < -0.3 is 84.3 Å². The van der Waals surface area contributed by atoms with Gasteiger partial charge in [0.25, 0.3) is 5.91 Å². The predicted octanol–water partition coefficient (Wildman–Crippen LogP) is 1.84. The van der Waals surface area contributed by atoms with Crippen LogP contribution in [0.4, 0.5) is 0 Å². The highest BCUT2D eigenvalue weighted by molar-refractivity contribution is 6.03. The van der Waals surface area contributed by atoms with E-state index >= 15 is 9.59 Å². The topological polar surface area (TPSA) is 442 Å². The SMILES string of the molecule is C/C=C1\NC(=O)C(Cc2ccccc2)NC(=O)C(C(C)C)NC(=O)C(C(C)CC)NC(=O)C(NC(=O)C(NC(=O)C(CCCN)NC(=O)C2CCCN2C(=O)C(NC(=O)C(NC(=O)C(NC(=O)C(NC(=O)CCC(C)CC)C(C)C)C(C)O)C(C)C)C(C)C)C(C)CC)C(C)OC(=O)C(C(C)C)NC1=O. The van der Waals surface area contributed by atoms with E-state index in [9.17, 15) is 62.6 Å². The number of hydrogen-bond donors (Lipinski definition) is 14. The molecule has 2 aliphatic rings. The molecule has 2 heterocycles. The molecule has 15 N–H and O–H groups in total. The number of cyclic esters (lactones) is 1. The standard InChI is InChI=1S/C75H124N14O16/c1-20-43(15)33-34-53(91)80-54(38(5)6)68(97)87-61(46(18)90)72(101)82-56(40(9)10)69(98)83-57(41(11)12)74(103)89-36-28-32-52(89)66(95)78-50(31-27-35-76)64(93)85-59(44(16)21-2)71(100)88-62-47(19)105-75(104)58(42(13)14)84-63(92)49(23-4)77-65(94)51(37-48-29-25-24-26-30-48)79-67(96)55(39(7)8)81-70(99)60(45(17)22-3)86-73(62)102/h23-26,29-30,38-47,50-52,54-62,90H,20-22,27-28,31-37,76H2,1-19H3,(H,77,94)(H,78,95)(H,79,96)(H,80,91)(H,81,99)(H,82,101)(H,83,98)(H,84,92)(H,85,93)(H,86,102)(H,87,97)(H,88,100)/b49-23-. The third-order valence-electron chi connectivity index (χ3n) is 19.6. The Morgan fingerprint density at radius 3 is 1.69 bits per heavy atom. The van der Waals surface area contributed by atoms with E-state index in [1.165, 1.54) is 31.7 Å². The summed E-state index contributed by atoms with van der Waals surface area (Å²) in [6.07, 6.45) is 1.08. The summed E-state index contributed by atoms with van der Waals surface area (Å²) < 4.78 is 5.96. The second-order valence-corrected chi connectivity index (χ2v) is 30.0. The Kier molecular flexibility index (Phi) is 37.8. The van der Waals surface area contributed by atoms with Gasteiger partial charge in [-0.25, -0.2) is 4.79 Å². The lowest BCUT2D eigenvalue weighted by Gasteiger charge is -2.33. The van der Waals surface area contributed by atoms with Gasteiger partial charge in [-0.1, -0.05) is 166 Å². The van der Waals surface area contributed by atoms with E-state index in [0.717, 1.165) is 6.42 Å². The summed E-state index contributed by atoms with van der Waals surface area (Å²) in [6.45, 7) is 31.7. The molecule has 17 unspecified atom stereocenters. The zero-order valence-electron chi connectivity index (χ0n) is 65.2. The number of aliphatic hydroxyl groups is 1. The van der Waals surface area contributed by atoms with Crippen molar-refractivity contribution < 1.29 is 77.0 Å². The van der Waals surface area contributed by atoms with Crippen LogP contribution in [0.2, 0.25) is 0 Å². The molecule has 17 atom stereocenters. The number of esters is 1. The Morgan fingerprint density at radius 2 is 1.15 bits per heavy atom. The van der Waals surface area contributed by atoms with Crippen molar-refractivity contribution in [3.8, 4) is 0 Å². The number of ether oxygens (including phenoxy) is 1. The van der Waals surface area contributed by atoms with Crippen LogP contribution in [0.3, 0.4) is 0 Å². The minimum atomic E-state index is -1.83. The van der Waals surface area contributed by atoms with Crippen molar-refractivity contribution >= 4 is 82.8 Å². The quantitative estimate of drug-likeness (QED) is 0.0353.